The molecule has 158 valence electrons. The first-order valence-corrected chi connectivity index (χ1v) is 10.9. The molecule has 30 heavy (non-hydrogen) atoms. The lowest BCUT2D eigenvalue weighted by atomic mass is 10.1. The summed E-state index contributed by atoms with van der Waals surface area (Å²) < 4.78 is 0. The molecule has 0 spiro atoms. The molecule has 0 aromatic heterocycles. The molecule has 2 aromatic rings. The summed E-state index contributed by atoms with van der Waals surface area (Å²) in [5.41, 5.74) is 5.27. The van der Waals surface area contributed by atoms with Crippen molar-refractivity contribution in [3.63, 3.8) is 0 Å². The monoisotopic (exact) mass is 405 g/mol. The van der Waals surface area contributed by atoms with Gasteiger partial charge in [-0.3, -0.25) is 14.5 Å². The van der Waals surface area contributed by atoms with E-state index in [1.807, 2.05) is 41.8 Å². The van der Waals surface area contributed by atoms with Crippen LogP contribution in [0.5, 0.6) is 0 Å². The Morgan fingerprint density at radius 3 is 2.43 bits per heavy atom. The lowest BCUT2D eigenvalue weighted by Crippen LogP contribution is -2.59. The molecule has 2 amide bonds. The molecule has 2 fully saturated rings. The zero-order valence-corrected chi connectivity index (χ0v) is 18.2. The number of hydrogen-bond acceptors (Lipinski definition) is 3. The summed E-state index contributed by atoms with van der Waals surface area (Å²) in [5.74, 6) is 0.176. The van der Waals surface area contributed by atoms with Gasteiger partial charge in [-0.1, -0.05) is 47.0 Å². The molecule has 1 unspecified atom stereocenters. The Morgan fingerprint density at radius 1 is 0.933 bits per heavy atom. The quantitative estimate of drug-likeness (QED) is 0.788. The van der Waals surface area contributed by atoms with Gasteiger partial charge in [-0.25, -0.2) is 0 Å². The summed E-state index contributed by atoms with van der Waals surface area (Å²) in [5, 5.41) is 0. The minimum absolute atomic E-state index is 0.0345. The van der Waals surface area contributed by atoms with E-state index in [2.05, 4.69) is 36.1 Å². The number of carbonyl (C=O) groups is 2. The van der Waals surface area contributed by atoms with Crippen LogP contribution in [0.1, 0.15) is 39.0 Å². The van der Waals surface area contributed by atoms with E-state index in [0.717, 1.165) is 48.3 Å². The maximum Gasteiger partial charge on any atom is 0.253 e. The molecule has 4 rings (SSSR count). The molecular formula is C25H31N3O2. The van der Waals surface area contributed by atoms with Crippen molar-refractivity contribution >= 4 is 11.8 Å². The molecule has 2 saturated heterocycles. The summed E-state index contributed by atoms with van der Waals surface area (Å²) in [7, 11) is 0. The third-order valence-electron chi connectivity index (χ3n) is 6.17. The minimum Gasteiger partial charge on any atom is -0.336 e. The van der Waals surface area contributed by atoms with Crippen molar-refractivity contribution in [2.45, 2.75) is 39.8 Å². The van der Waals surface area contributed by atoms with E-state index in [-0.39, 0.29) is 17.9 Å². The predicted molar refractivity (Wildman–Crippen MR) is 118 cm³/mol. The fourth-order valence-corrected chi connectivity index (χ4v) is 4.76. The Kier molecular flexibility index (Phi) is 5.91. The van der Waals surface area contributed by atoms with Crippen molar-refractivity contribution in [2.24, 2.45) is 0 Å². The lowest BCUT2D eigenvalue weighted by Gasteiger charge is -2.40. The van der Waals surface area contributed by atoms with Gasteiger partial charge < -0.3 is 9.80 Å². The Bertz CT molecular complexity index is 935. The number of benzene rings is 2. The fourth-order valence-electron chi connectivity index (χ4n) is 4.76. The second kappa shape index (κ2) is 8.60. The van der Waals surface area contributed by atoms with Gasteiger partial charge in [0.1, 0.15) is 6.04 Å². The minimum atomic E-state index is -0.249. The third-order valence-corrected chi connectivity index (χ3v) is 6.17. The van der Waals surface area contributed by atoms with Crippen LogP contribution in [0.15, 0.2) is 42.5 Å². The topological polar surface area (TPSA) is 43.9 Å². The van der Waals surface area contributed by atoms with Gasteiger partial charge in [-0.2, -0.15) is 0 Å². The van der Waals surface area contributed by atoms with E-state index in [1.165, 1.54) is 5.56 Å². The van der Waals surface area contributed by atoms with Crippen molar-refractivity contribution in [1.82, 2.24) is 14.7 Å². The summed E-state index contributed by atoms with van der Waals surface area (Å²) in [4.78, 5) is 32.7. The molecule has 1 atom stereocenters. The van der Waals surface area contributed by atoms with Gasteiger partial charge in [0.15, 0.2) is 0 Å². The summed E-state index contributed by atoms with van der Waals surface area (Å²) in [6.07, 6.45) is 0.901. The molecule has 2 heterocycles. The van der Waals surface area contributed by atoms with Gasteiger partial charge in [0, 0.05) is 44.8 Å². The van der Waals surface area contributed by atoms with E-state index in [1.54, 1.807) is 0 Å². The molecule has 0 radical (unpaired) electrons. The van der Waals surface area contributed by atoms with Gasteiger partial charge >= 0.3 is 0 Å². The highest BCUT2D eigenvalue weighted by Gasteiger charge is 2.38. The van der Waals surface area contributed by atoms with Crippen LogP contribution in [-0.4, -0.2) is 65.3 Å². The predicted octanol–water partition coefficient (Wildman–Crippen LogP) is 3.17. The van der Waals surface area contributed by atoms with Crippen molar-refractivity contribution < 1.29 is 9.59 Å². The number of rotatable bonds is 3. The first kappa shape index (κ1) is 20.6. The van der Waals surface area contributed by atoms with Gasteiger partial charge in [0.25, 0.3) is 5.91 Å². The van der Waals surface area contributed by atoms with Crippen molar-refractivity contribution in [1.29, 1.82) is 0 Å². The largest absolute Gasteiger partial charge is 0.336 e. The zero-order valence-electron chi connectivity index (χ0n) is 18.2. The number of amides is 2. The molecule has 2 aromatic carbocycles. The molecule has 0 aliphatic carbocycles. The zero-order chi connectivity index (χ0) is 21.3. The number of carbonyl (C=O) groups excluding carboxylic acids is 2. The van der Waals surface area contributed by atoms with E-state index in [9.17, 15) is 9.59 Å². The Balaban J connectivity index is 1.51. The van der Waals surface area contributed by atoms with Crippen molar-refractivity contribution in [2.75, 3.05) is 32.7 Å². The highest BCUT2D eigenvalue weighted by molar-refractivity contribution is 5.95. The van der Waals surface area contributed by atoms with Gasteiger partial charge in [0.05, 0.1) is 0 Å². The van der Waals surface area contributed by atoms with Gasteiger partial charge in [0.2, 0.25) is 5.91 Å². The number of fused-ring (bicyclic) bond motifs is 1. The van der Waals surface area contributed by atoms with Crippen molar-refractivity contribution in [3.8, 4) is 0 Å². The lowest BCUT2D eigenvalue weighted by molar-refractivity contribution is -0.142. The Labute approximate surface area is 179 Å². The van der Waals surface area contributed by atoms with Crippen LogP contribution in [0.25, 0.3) is 0 Å². The van der Waals surface area contributed by atoms with Crippen molar-refractivity contribution in [3.05, 3.63) is 70.3 Å². The highest BCUT2D eigenvalue weighted by Crippen LogP contribution is 2.21. The first-order valence-electron chi connectivity index (χ1n) is 10.9. The van der Waals surface area contributed by atoms with E-state index < -0.39 is 0 Å². The maximum atomic E-state index is 13.4. The van der Waals surface area contributed by atoms with Crippen LogP contribution in [0.4, 0.5) is 0 Å². The van der Waals surface area contributed by atoms with Crippen LogP contribution in [0.2, 0.25) is 0 Å². The molecule has 0 N–H and O–H groups in total. The summed E-state index contributed by atoms with van der Waals surface area (Å²) >= 11 is 0. The smallest absolute Gasteiger partial charge is 0.253 e. The van der Waals surface area contributed by atoms with E-state index >= 15 is 0 Å². The highest BCUT2D eigenvalue weighted by atomic mass is 16.2. The average Bonchev–Trinajstić information content (AvgIpc) is 2.92. The molecule has 5 heteroatoms. The molecule has 0 bridgehead atoms. The van der Waals surface area contributed by atoms with Gasteiger partial charge in [-0.15, -0.1) is 0 Å². The molecule has 2 aliphatic heterocycles. The number of aryl methyl sites for hydroxylation is 3. The van der Waals surface area contributed by atoms with Gasteiger partial charge in [-0.05, 0) is 44.9 Å². The second-order valence-corrected chi connectivity index (χ2v) is 8.78. The van der Waals surface area contributed by atoms with E-state index in [0.29, 0.717) is 19.6 Å². The van der Waals surface area contributed by atoms with Crippen LogP contribution < -0.4 is 0 Å². The SMILES string of the molecule is Cc1cccc(CN2CCN3CCCN(C(=O)c4cc(C)cc(C)c4)CC3C2=O)c1. The first-order chi connectivity index (χ1) is 14.4. The average molecular weight is 406 g/mol. The van der Waals surface area contributed by atoms with Crippen LogP contribution in [0.3, 0.4) is 0 Å². The fraction of sp³-hybridized carbons (Fsp3) is 0.440. The standard InChI is InChI=1S/C25H31N3O2/c1-18-6-4-7-21(13-18)16-28-11-10-26-8-5-9-27(17-23(26)25(28)30)24(29)22-14-19(2)12-20(3)15-22/h4,6-7,12-15,23H,5,8-11,16-17H2,1-3H3. The van der Waals surface area contributed by atoms with Crippen LogP contribution in [-0.2, 0) is 11.3 Å². The number of hydrogen-bond donors (Lipinski definition) is 0. The molecule has 5 nitrogen and oxygen atoms in total. The van der Waals surface area contributed by atoms with Crippen LogP contribution >= 0.6 is 0 Å². The molecule has 0 saturated carbocycles. The number of piperazine rings is 1. The number of nitrogens with zero attached hydrogens (tertiary/aromatic N) is 3. The van der Waals surface area contributed by atoms with E-state index in [4.69, 9.17) is 0 Å². The second-order valence-electron chi connectivity index (χ2n) is 8.78. The maximum absolute atomic E-state index is 13.4. The Morgan fingerprint density at radius 2 is 1.70 bits per heavy atom. The van der Waals surface area contributed by atoms with Crippen LogP contribution in [0, 0.1) is 20.8 Å². The third kappa shape index (κ3) is 4.41. The summed E-state index contributed by atoms with van der Waals surface area (Å²) in [6, 6.07) is 14.1. The molecule has 2 aliphatic rings. The Hall–Kier alpha value is -2.66. The molecular weight excluding hydrogens is 374 g/mol. The normalized spacial score (nSPS) is 20.1. The summed E-state index contributed by atoms with van der Waals surface area (Å²) in [6.45, 7) is 10.4.